The van der Waals surface area contributed by atoms with Crippen molar-refractivity contribution < 1.29 is 14.3 Å². The number of hydrogen-bond donors (Lipinski definition) is 2. The number of carbonyl (C=O) groups excluding carboxylic acids is 2. The van der Waals surface area contributed by atoms with Gasteiger partial charge in [-0.25, -0.2) is 5.43 Å². The molecule has 0 fully saturated rings. The molecule has 0 aliphatic rings. The van der Waals surface area contributed by atoms with Crippen molar-refractivity contribution in [2.75, 3.05) is 0 Å². The number of halogens is 3. The van der Waals surface area contributed by atoms with Crippen molar-refractivity contribution in [2.45, 2.75) is 23.9 Å². The monoisotopic (exact) mass is 456 g/mol. The Morgan fingerprint density at radius 1 is 1.10 bits per heavy atom. The third-order valence-electron chi connectivity index (χ3n) is 3.55. The minimum Gasteiger partial charge on any atom is -0.466 e. The van der Waals surface area contributed by atoms with E-state index in [4.69, 9.17) is 39.5 Å². The van der Waals surface area contributed by atoms with Crippen LogP contribution in [-0.4, -0.2) is 33.0 Å². The second-order valence-electron chi connectivity index (χ2n) is 6.21. The van der Waals surface area contributed by atoms with Crippen LogP contribution in [0.15, 0.2) is 53.9 Å². The van der Waals surface area contributed by atoms with E-state index in [-0.39, 0.29) is 17.7 Å². The van der Waals surface area contributed by atoms with Gasteiger partial charge in [0.2, 0.25) is 15.9 Å². The van der Waals surface area contributed by atoms with Crippen molar-refractivity contribution >= 4 is 52.8 Å². The second kappa shape index (κ2) is 10.4. The normalized spacial score (nSPS) is 12.6. The molecule has 2 rings (SSSR count). The summed E-state index contributed by atoms with van der Waals surface area (Å²) in [5.41, 5.74) is 3.56. The minimum absolute atomic E-state index is 0.297. The summed E-state index contributed by atoms with van der Waals surface area (Å²) in [6.07, 6.45) is 3.34. The predicted octanol–water partition coefficient (Wildman–Crippen LogP) is 3.69. The zero-order valence-corrected chi connectivity index (χ0v) is 17.9. The molecule has 1 aromatic heterocycles. The van der Waals surface area contributed by atoms with E-state index in [1.807, 2.05) is 0 Å². The van der Waals surface area contributed by atoms with Gasteiger partial charge in [-0.2, -0.15) is 5.10 Å². The molecule has 7 nitrogen and oxygen atoms in total. The number of ether oxygens (including phenoxy) is 1. The van der Waals surface area contributed by atoms with E-state index in [1.165, 1.54) is 18.6 Å². The lowest BCUT2D eigenvalue weighted by molar-refractivity contribution is -0.126. The first-order valence-corrected chi connectivity index (χ1v) is 9.67. The fraction of sp³-hybridized carbons (Fsp3) is 0.263. The average Bonchev–Trinajstić information content (AvgIpc) is 2.68. The molecule has 0 unspecified atom stereocenters. The Kier molecular flexibility index (Phi) is 8.25. The third-order valence-corrected chi connectivity index (χ3v) is 4.15. The number of rotatable bonds is 7. The smallest absolute Gasteiger partial charge is 0.271 e. The molecular weight excluding hydrogens is 439 g/mol. The number of hydrazone groups is 1. The molecule has 0 saturated heterocycles. The molecule has 0 aliphatic heterocycles. The molecule has 0 bridgehead atoms. The molecule has 2 aromatic rings. The molecule has 0 aliphatic carbocycles. The lowest BCUT2D eigenvalue weighted by atomic mass is 10.2. The van der Waals surface area contributed by atoms with Crippen LogP contribution in [0.2, 0.25) is 0 Å². The Hall–Kier alpha value is -2.35. The van der Waals surface area contributed by atoms with E-state index in [9.17, 15) is 9.59 Å². The summed E-state index contributed by atoms with van der Waals surface area (Å²) in [5, 5.41) is 6.45. The van der Waals surface area contributed by atoms with Gasteiger partial charge >= 0.3 is 0 Å². The van der Waals surface area contributed by atoms with Gasteiger partial charge in [0.05, 0.1) is 6.21 Å². The third kappa shape index (κ3) is 7.53. The van der Waals surface area contributed by atoms with E-state index in [0.29, 0.717) is 16.9 Å². The summed E-state index contributed by atoms with van der Waals surface area (Å²) in [4.78, 5) is 27.6. The Labute approximate surface area is 183 Å². The molecular formula is C19H19Cl3N4O3. The number of nitrogens with one attached hydrogen (secondary N) is 2. The molecule has 1 aromatic carbocycles. The first-order chi connectivity index (χ1) is 13.7. The van der Waals surface area contributed by atoms with Gasteiger partial charge in [0, 0.05) is 23.9 Å². The number of benzene rings is 1. The average molecular weight is 458 g/mol. The van der Waals surface area contributed by atoms with E-state index in [2.05, 4.69) is 20.8 Å². The molecule has 0 radical (unpaired) electrons. The van der Waals surface area contributed by atoms with Crippen LogP contribution >= 0.6 is 34.8 Å². The first-order valence-electron chi connectivity index (χ1n) is 8.54. The van der Waals surface area contributed by atoms with Crippen LogP contribution in [0.1, 0.15) is 29.8 Å². The van der Waals surface area contributed by atoms with E-state index in [1.54, 1.807) is 50.2 Å². The number of pyridine rings is 1. The Bertz CT molecular complexity index is 853. The topological polar surface area (TPSA) is 92.7 Å². The van der Waals surface area contributed by atoms with Crippen molar-refractivity contribution in [3.05, 3.63) is 59.9 Å². The van der Waals surface area contributed by atoms with Gasteiger partial charge in [0.1, 0.15) is 5.75 Å². The van der Waals surface area contributed by atoms with E-state index < -0.39 is 10.0 Å². The van der Waals surface area contributed by atoms with Crippen molar-refractivity contribution in [1.29, 1.82) is 0 Å². The summed E-state index contributed by atoms with van der Waals surface area (Å²) in [7, 11) is 0. The number of alkyl halides is 3. The van der Waals surface area contributed by atoms with Crippen LogP contribution in [-0.2, 0) is 4.79 Å². The van der Waals surface area contributed by atoms with Crippen molar-refractivity contribution in [1.82, 2.24) is 15.7 Å². The van der Waals surface area contributed by atoms with Gasteiger partial charge in [-0.3, -0.25) is 14.6 Å². The molecule has 154 valence electrons. The molecule has 10 heteroatoms. The van der Waals surface area contributed by atoms with Crippen molar-refractivity contribution in [2.24, 2.45) is 11.0 Å². The number of aromatic nitrogens is 1. The molecule has 2 N–H and O–H groups in total. The SMILES string of the molecule is CC(C)C(=O)N[C@H](Oc1ccc(/C=N\NC(=O)c2ccncc2)cc1)C(Cl)(Cl)Cl. The van der Waals surface area contributed by atoms with Gasteiger partial charge in [0.15, 0.2) is 0 Å². The predicted molar refractivity (Wildman–Crippen MR) is 113 cm³/mol. The van der Waals surface area contributed by atoms with Crippen molar-refractivity contribution in [3.8, 4) is 5.75 Å². The molecule has 0 saturated carbocycles. The van der Waals surface area contributed by atoms with Crippen LogP contribution in [0.3, 0.4) is 0 Å². The number of amides is 2. The highest BCUT2D eigenvalue weighted by Gasteiger charge is 2.36. The first kappa shape index (κ1) is 22.9. The van der Waals surface area contributed by atoms with Gasteiger partial charge in [-0.1, -0.05) is 48.7 Å². The highest BCUT2D eigenvalue weighted by Crippen LogP contribution is 2.32. The van der Waals surface area contributed by atoms with Crippen LogP contribution in [0.25, 0.3) is 0 Å². The summed E-state index contributed by atoms with van der Waals surface area (Å²) < 4.78 is 3.75. The minimum atomic E-state index is -1.86. The number of carbonyl (C=O) groups is 2. The maximum Gasteiger partial charge on any atom is 0.271 e. The van der Waals surface area contributed by atoms with Gasteiger partial charge in [-0.05, 0) is 42.0 Å². The molecule has 1 atom stereocenters. The zero-order valence-electron chi connectivity index (χ0n) is 15.6. The zero-order chi connectivity index (χ0) is 21.4. The fourth-order valence-electron chi connectivity index (χ4n) is 1.98. The van der Waals surface area contributed by atoms with E-state index in [0.717, 1.165) is 0 Å². The van der Waals surface area contributed by atoms with E-state index >= 15 is 0 Å². The Balaban J connectivity index is 1.97. The summed E-state index contributed by atoms with van der Waals surface area (Å²) in [6, 6.07) is 9.79. The highest BCUT2D eigenvalue weighted by molar-refractivity contribution is 6.68. The van der Waals surface area contributed by atoms with Gasteiger partial charge < -0.3 is 10.1 Å². The Morgan fingerprint density at radius 2 is 1.72 bits per heavy atom. The maximum atomic E-state index is 11.9. The summed E-state index contributed by atoms with van der Waals surface area (Å²) in [6.45, 7) is 3.43. The number of hydrogen-bond acceptors (Lipinski definition) is 5. The largest absolute Gasteiger partial charge is 0.466 e. The van der Waals surface area contributed by atoms with Crippen LogP contribution < -0.4 is 15.5 Å². The molecule has 29 heavy (non-hydrogen) atoms. The standard InChI is InChI=1S/C19H19Cl3N4O3/c1-12(2)16(27)25-18(19(20,21)22)29-15-5-3-13(4-6-15)11-24-26-17(28)14-7-9-23-10-8-14/h3-12,18H,1-2H3,(H,25,27)(H,26,28)/b24-11-/t18-/m1/s1. The summed E-state index contributed by atoms with van der Waals surface area (Å²) in [5.74, 6) is -0.581. The summed E-state index contributed by atoms with van der Waals surface area (Å²) >= 11 is 17.7. The lowest BCUT2D eigenvalue weighted by Crippen LogP contribution is -2.49. The molecule has 0 spiro atoms. The maximum absolute atomic E-state index is 11.9. The quantitative estimate of drug-likeness (QED) is 0.287. The molecule has 1 heterocycles. The van der Waals surface area contributed by atoms with Crippen LogP contribution in [0, 0.1) is 5.92 Å². The van der Waals surface area contributed by atoms with Crippen molar-refractivity contribution in [3.63, 3.8) is 0 Å². The lowest BCUT2D eigenvalue weighted by Gasteiger charge is -2.27. The highest BCUT2D eigenvalue weighted by atomic mass is 35.6. The molecule has 2 amide bonds. The number of nitrogens with zero attached hydrogens (tertiary/aromatic N) is 2. The fourth-order valence-corrected chi connectivity index (χ4v) is 2.27. The Morgan fingerprint density at radius 3 is 2.28 bits per heavy atom. The van der Waals surface area contributed by atoms with Crippen LogP contribution in [0.5, 0.6) is 5.75 Å². The van der Waals surface area contributed by atoms with Gasteiger partial charge in [-0.15, -0.1) is 0 Å². The van der Waals surface area contributed by atoms with Crippen LogP contribution in [0.4, 0.5) is 0 Å². The van der Waals surface area contributed by atoms with Gasteiger partial charge in [0.25, 0.3) is 5.91 Å². The second-order valence-corrected chi connectivity index (χ2v) is 8.58.